The number of nitrogens with two attached hydrogens (primary N) is 1. The van der Waals surface area contributed by atoms with Gasteiger partial charge >= 0.3 is 0 Å². The second-order valence-electron chi connectivity index (χ2n) is 4.54. The standard InChI is InChI=1S/C13H20N2O/c1-9(2)12(13(14)16)15(4)11-7-5-10(3)6-8-11/h5-9,12H,1-4H3,(H2,14,16). The fourth-order valence-electron chi connectivity index (χ4n) is 1.91. The van der Waals surface area contributed by atoms with E-state index in [1.165, 1.54) is 5.56 Å². The molecule has 0 fully saturated rings. The molecule has 0 saturated carbocycles. The first-order valence-electron chi connectivity index (χ1n) is 5.52. The quantitative estimate of drug-likeness (QED) is 0.843. The molecule has 1 aromatic carbocycles. The number of hydrogen-bond donors (Lipinski definition) is 1. The molecular weight excluding hydrogens is 200 g/mol. The monoisotopic (exact) mass is 220 g/mol. The van der Waals surface area contributed by atoms with Crippen molar-refractivity contribution in [3.05, 3.63) is 29.8 Å². The Morgan fingerprint density at radius 3 is 2.12 bits per heavy atom. The Kier molecular flexibility index (Phi) is 3.93. The van der Waals surface area contributed by atoms with Crippen LogP contribution in [0, 0.1) is 12.8 Å². The lowest BCUT2D eigenvalue weighted by Gasteiger charge is -2.30. The Morgan fingerprint density at radius 1 is 1.25 bits per heavy atom. The molecule has 1 atom stereocenters. The molecule has 0 aromatic heterocycles. The van der Waals surface area contributed by atoms with Crippen LogP contribution in [0.2, 0.25) is 0 Å². The van der Waals surface area contributed by atoms with Crippen LogP contribution in [0.15, 0.2) is 24.3 Å². The normalized spacial score (nSPS) is 12.6. The van der Waals surface area contributed by atoms with Crippen LogP contribution in [0.4, 0.5) is 5.69 Å². The summed E-state index contributed by atoms with van der Waals surface area (Å²) in [7, 11) is 1.90. The van der Waals surface area contributed by atoms with Crippen molar-refractivity contribution in [2.45, 2.75) is 26.8 Å². The number of primary amides is 1. The number of carbonyl (C=O) groups excluding carboxylic acids is 1. The molecule has 0 saturated heterocycles. The number of benzene rings is 1. The van der Waals surface area contributed by atoms with Crippen LogP contribution in [-0.2, 0) is 4.79 Å². The summed E-state index contributed by atoms with van der Waals surface area (Å²) in [4.78, 5) is 13.3. The summed E-state index contributed by atoms with van der Waals surface area (Å²) in [6, 6.07) is 7.82. The first-order valence-corrected chi connectivity index (χ1v) is 5.52. The minimum absolute atomic E-state index is 0.198. The highest BCUT2D eigenvalue weighted by atomic mass is 16.1. The maximum Gasteiger partial charge on any atom is 0.240 e. The number of rotatable bonds is 4. The molecule has 0 heterocycles. The second kappa shape index (κ2) is 5.01. The van der Waals surface area contributed by atoms with Gasteiger partial charge in [-0.15, -0.1) is 0 Å². The predicted octanol–water partition coefficient (Wildman–Crippen LogP) is 1.94. The van der Waals surface area contributed by atoms with Crippen molar-refractivity contribution in [1.82, 2.24) is 0 Å². The van der Waals surface area contributed by atoms with Crippen molar-refractivity contribution >= 4 is 11.6 Å². The summed E-state index contributed by atoms with van der Waals surface area (Å²) in [5.74, 6) is -0.0816. The fourth-order valence-corrected chi connectivity index (χ4v) is 1.91. The first kappa shape index (κ1) is 12.6. The predicted molar refractivity (Wildman–Crippen MR) is 67.4 cm³/mol. The third-order valence-corrected chi connectivity index (χ3v) is 2.78. The number of aryl methyl sites for hydroxylation is 1. The molecule has 16 heavy (non-hydrogen) atoms. The zero-order valence-electron chi connectivity index (χ0n) is 10.4. The SMILES string of the molecule is Cc1ccc(N(C)C(C(N)=O)C(C)C)cc1. The summed E-state index contributed by atoms with van der Waals surface area (Å²) in [5.41, 5.74) is 7.65. The molecule has 1 aromatic rings. The molecule has 0 aliphatic carbocycles. The highest BCUT2D eigenvalue weighted by molar-refractivity contribution is 5.83. The summed E-state index contributed by atoms with van der Waals surface area (Å²) >= 11 is 0. The molecule has 0 spiro atoms. The number of anilines is 1. The lowest BCUT2D eigenvalue weighted by Crippen LogP contribution is -2.46. The van der Waals surface area contributed by atoms with E-state index in [2.05, 4.69) is 0 Å². The molecule has 0 bridgehead atoms. The number of carbonyl (C=O) groups is 1. The van der Waals surface area contributed by atoms with Gasteiger partial charge in [-0.05, 0) is 25.0 Å². The van der Waals surface area contributed by atoms with Gasteiger partial charge in [0.25, 0.3) is 0 Å². The molecule has 3 heteroatoms. The van der Waals surface area contributed by atoms with E-state index < -0.39 is 0 Å². The molecule has 1 amide bonds. The Bertz CT molecular complexity index is 357. The molecule has 1 rings (SSSR count). The average molecular weight is 220 g/mol. The van der Waals surface area contributed by atoms with Crippen molar-refractivity contribution in [2.75, 3.05) is 11.9 Å². The van der Waals surface area contributed by atoms with Gasteiger partial charge in [0.2, 0.25) is 5.91 Å². The van der Waals surface area contributed by atoms with E-state index in [1.807, 2.05) is 57.0 Å². The van der Waals surface area contributed by atoms with Gasteiger partial charge in [0.15, 0.2) is 0 Å². The van der Waals surface area contributed by atoms with Gasteiger partial charge in [-0.2, -0.15) is 0 Å². The van der Waals surface area contributed by atoms with E-state index in [1.54, 1.807) is 0 Å². The summed E-state index contributed by atoms with van der Waals surface area (Å²) in [6.45, 7) is 6.04. The van der Waals surface area contributed by atoms with E-state index in [0.29, 0.717) is 0 Å². The largest absolute Gasteiger partial charge is 0.368 e. The second-order valence-corrected chi connectivity index (χ2v) is 4.54. The smallest absolute Gasteiger partial charge is 0.240 e. The molecule has 0 aliphatic rings. The topological polar surface area (TPSA) is 46.3 Å². The van der Waals surface area contributed by atoms with Gasteiger partial charge < -0.3 is 10.6 Å². The van der Waals surface area contributed by atoms with Crippen molar-refractivity contribution in [3.8, 4) is 0 Å². The molecule has 0 radical (unpaired) electrons. The minimum atomic E-state index is -0.280. The molecule has 3 nitrogen and oxygen atoms in total. The van der Waals surface area contributed by atoms with Crippen LogP contribution in [-0.4, -0.2) is 19.0 Å². The third kappa shape index (κ3) is 2.75. The first-order chi connectivity index (χ1) is 7.43. The number of likely N-dealkylation sites (N-methyl/N-ethyl adjacent to an activating group) is 1. The zero-order chi connectivity index (χ0) is 12.3. The molecule has 88 valence electrons. The van der Waals surface area contributed by atoms with Crippen molar-refractivity contribution in [3.63, 3.8) is 0 Å². The van der Waals surface area contributed by atoms with Crippen LogP contribution in [0.1, 0.15) is 19.4 Å². The third-order valence-electron chi connectivity index (χ3n) is 2.78. The maximum absolute atomic E-state index is 11.4. The van der Waals surface area contributed by atoms with Gasteiger partial charge in [-0.3, -0.25) is 4.79 Å². The van der Waals surface area contributed by atoms with Gasteiger partial charge in [0.1, 0.15) is 6.04 Å². The van der Waals surface area contributed by atoms with Crippen LogP contribution in [0.25, 0.3) is 0 Å². The Labute approximate surface area is 97.2 Å². The fraction of sp³-hybridized carbons (Fsp3) is 0.462. The van der Waals surface area contributed by atoms with Crippen LogP contribution < -0.4 is 10.6 Å². The lowest BCUT2D eigenvalue weighted by molar-refractivity contribution is -0.120. The molecular formula is C13H20N2O. The summed E-state index contributed by atoms with van der Waals surface area (Å²) in [6.07, 6.45) is 0. The van der Waals surface area contributed by atoms with Crippen molar-refractivity contribution < 1.29 is 4.79 Å². The highest BCUT2D eigenvalue weighted by Gasteiger charge is 2.24. The van der Waals surface area contributed by atoms with Crippen LogP contribution >= 0.6 is 0 Å². The van der Waals surface area contributed by atoms with Crippen molar-refractivity contribution in [2.24, 2.45) is 11.7 Å². The van der Waals surface area contributed by atoms with Gasteiger partial charge in [0.05, 0.1) is 0 Å². The maximum atomic E-state index is 11.4. The van der Waals surface area contributed by atoms with Crippen LogP contribution in [0.5, 0.6) is 0 Å². The van der Waals surface area contributed by atoms with Gasteiger partial charge in [-0.1, -0.05) is 31.5 Å². The Hall–Kier alpha value is -1.51. The Balaban J connectivity index is 2.94. The summed E-state index contributed by atoms with van der Waals surface area (Å²) < 4.78 is 0. The molecule has 2 N–H and O–H groups in total. The minimum Gasteiger partial charge on any atom is -0.368 e. The number of hydrogen-bond acceptors (Lipinski definition) is 2. The number of amides is 1. The number of nitrogens with zero attached hydrogens (tertiary/aromatic N) is 1. The van der Waals surface area contributed by atoms with E-state index in [9.17, 15) is 4.79 Å². The molecule has 1 unspecified atom stereocenters. The van der Waals surface area contributed by atoms with Gasteiger partial charge in [0, 0.05) is 12.7 Å². The Morgan fingerprint density at radius 2 is 1.75 bits per heavy atom. The van der Waals surface area contributed by atoms with E-state index in [0.717, 1.165) is 5.69 Å². The highest BCUT2D eigenvalue weighted by Crippen LogP contribution is 2.19. The van der Waals surface area contributed by atoms with Gasteiger partial charge in [-0.25, -0.2) is 0 Å². The summed E-state index contributed by atoms with van der Waals surface area (Å²) in [5, 5.41) is 0. The molecule has 0 aliphatic heterocycles. The lowest BCUT2D eigenvalue weighted by atomic mass is 10.0. The van der Waals surface area contributed by atoms with Crippen LogP contribution in [0.3, 0.4) is 0 Å². The average Bonchev–Trinajstić information content (AvgIpc) is 2.17. The van der Waals surface area contributed by atoms with E-state index >= 15 is 0 Å². The zero-order valence-corrected chi connectivity index (χ0v) is 10.4. The van der Waals surface area contributed by atoms with Crippen molar-refractivity contribution in [1.29, 1.82) is 0 Å². The van der Waals surface area contributed by atoms with E-state index in [4.69, 9.17) is 5.73 Å². The van der Waals surface area contributed by atoms with E-state index in [-0.39, 0.29) is 17.9 Å².